The summed E-state index contributed by atoms with van der Waals surface area (Å²) in [5.41, 5.74) is 1.68. The molecule has 4 rings (SSSR count). The molecule has 6 heteroatoms. The molecule has 0 saturated carbocycles. The fraction of sp³-hybridized carbons (Fsp3) is 0.318. The van der Waals surface area contributed by atoms with Crippen molar-refractivity contribution in [1.82, 2.24) is 15.0 Å². The second kappa shape index (κ2) is 8.25. The van der Waals surface area contributed by atoms with Crippen molar-refractivity contribution >= 4 is 5.91 Å². The maximum atomic E-state index is 13.0. The van der Waals surface area contributed by atoms with Crippen molar-refractivity contribution in [3.05, 3.63) is 77.4 Å². The molecule has 6 nitrogen and oxygen atoms in total. The van der Waals surface area contributed by atoms with Crippen LogP contribution in [0.15, 0.2) is 59.1 Å². The van der Waals surface area contributed by atoms with Crippen molar-refractivity contribution in [2.75, 3.05) is 13.7 Å². The van der Waals surface area contributed by atoms with Gasteiger partial charge in [0.05, 0.1) is 7.11 Å². The zero-order valence-electron chi connectivity index (χ0n) is 15.9. The zero-order valence-corrected chi connectivity index (χ0v) is 15.9. The Kier molecular flexibility index (Phi) is 5.37. The lowest BCUT2D eigenvalue weighted by Crippen LogP contribution is -2.38. The molecule has 1 amide bonds. The van der Waals surface area contributed by atoms with Gasteiger partial charge in [-0.05, 0) is 37.5 Å². The molecule has 28 heavy (non-hydrogen) atoms. The summed E-state index contributed by atoms with van der Waals surface area (Å²) in [4.78, 5) is 19.4. The molecular weight excluding hydrogens is 354 g/mol. The monoisotopic (exact) mass is 377 g/mol. The summed E-state index contributed by atoms with van der Waals surface area (Å²) in [6.45, 7) is 0.697. The largest absolute Gasteiger partial charge is 0.496 e. The lowest BCUT2D eigenvalue weighted by molar-refractivity contribution is 0.0561. The fourth-order valence-corrected chi connectivity index (χ4v) is 3.67. The van der Waals surface area contributed by atoms with E-state index in [2.05, 4.69) is 10.1 Å². The Morgan fingerprint density at radius 2 is 1.93 bits per heavy atom. The number of ether oxygens (including phenoxy) is 1. The van der Waals surface area contributed by atoms with E-state index in [-0.39, 0.29) is 11.9 Å². The summed E-state index contributed by atoms with van der Waals surface area (Å²) in [5.74, 6) is 1.91. The number of hydrogen-bond donors (Lipinski definition) is 0. The van der Waals surface area contributed by atoms with Crippen LogP contribution in [0, 0.1) is 0 Å². The smallest absolute Gasteiger partial charge is 0.254 e. The van der Waals surface area contributed by atoms with Crippen molar-refractivity contribution in [2.24, 2.45) is 0 Å². The highest BCUT2D eigenvalue weighted by atomic mass is 16.5. The number of rotatable bonds is 5. The minimum absolute atomic E-state index is 0.00905. The van der Waals surface area contributed by atoms with Crippen molar-refractivity contribution < 1.29 is 14.1 Å². The average Bonchev–Trinajstić information content (AvgIpc) is 3.22. The molecule has 1 aliphatic rings. The van der Waals surface area contributed by atoms with Gasteiger partial charge in [0.1, 0.15) is 11.8 Å². The molecule has 0 spiro atoms. The highest BCUT2D eigenvalue weighted by molar-refractivity contribution is 5.94. The number of hydrogen-bond acceptors (Lipinski definition) is 5. The molecular formula is C22H23N3O3. The Labute approximate surface area is 164 Å². The third kappa shape index (κ3) is 3.76. The zero-order chi connectivity index (χ0) is 19.3. The number of carbonyl (C=O) groups excluding carboxylic acids is 1. The van der Waals surface area contributed by atoms with Gasteiger partial charge < -0.3 is 14.2 Å². The number of aromatic nitrogens is 2. The second-order valence-electron chi connectivity index (χ2n) is 6.91. The van der Waals surface area contributed by atoms with E-state index in [0.717, 1.165) is 30.6 Å². The summed E-state index contributed by atoms with van der Waals surface area (Å²) in [7, 11) is 1.65. The number of likely N-dealkylation sites (tertiary alicyclic amines) is 1. The molecule has 1 aliphatic heterocycles. The highest BCUT2D eigenvalue weighted by Crippen LogP contribution is 2.31. The summed E-state index contributed by atoms with van der Waals surface area (Å²) in [6.07, 6.45) is 3.37. The van der Waals surface area contributed by atoms with Gasteiger partial charge in [-0.15, -0.1) is 0 Å². The SMILES string of the molecule is COc1ccccc1Cc1noc(C2CCCCN2C(=O)c2ccccc2)n1. The maximum absolute atomic E-state index is 13.0. The van der Waals surface area contributed by atoms with Crippen LogP contribution in [-0.2, 0) is 6.42 Å². The molecule has 1 unspecified atom stereocenters. The Bertz CT molecular complexity index is 939. The van der Waals surface area contributed by atoms with E-state index in [9.17, 15) is 4.79 Å². The Morgan fingerprint density at radius 3 is 2.75 bits per heavy atom. The average molecular weight is 377 g/mol. The van der Waals surface area contributed by atoms with Crippen LogP contribution in [0.5, 0.6) is 5.75 Å². The van der Waals surface area contributed by atoms with Gasteiger partial charge >= 0.3 is 0 Å². The van der Waals surface area contributed by atoms with E-state index in [1.54, 1.807) is 7.11 Å². The summed E-state index contributed by atoms with van der Waals surface area (Å²) < 4.78 is 11.0. The minimum atomic E-state index is -0.180. The van der Waals surface area contributed by atoms with Gasteiger partial charge in [0.25, 0.3) is 5.91 Å². The number of nitrogens with zero attached hydrogens (tertiary/aromatic N) is 3. The summed E-state index contributed by atoms with van der Waals surface area (Å²) in [5, 5.41) is 4.15. The molecule has 1 fully saturated rings. The van der Waals surface area contributed by atoms with Crippen molar-refractivity contribution in [1.29, 1.82) is 0 Å². The van der Waals surface area contributed by atoms with Crippen LogP contribution in [-0.4, -0.2) is 34.6 Å². The van der Waals surface area contributed by atoms with Crippen LogP contribution in [0.25, 0.3) is 0 Å². The first kappa shape index (κ1) is 18.2. The predicted octanol–water partition coefficient (Wildman–Crippen LogP) is 4.04. The third-order valence-corrected chi connectivity index (χ3v) is 5.09. The summed E-state index contributed by atoms with van der Waals surface area (Å²) in [6, 6.07) is 17.0. The molecule has 3 aromatic rings. The van der Waals surface area contributed by atoms with Crippen LogP contribution in [0.3, 0.4) is 0 Å². The number of amides is 1. The maximum Gasteiger partial charge on any atom is 0.254 e. The lowest BCUT2D eigenvalue weighted by Gasteiger charge is -2.33. The first-order chi connectivity index (χ1) is 13.8. The van der Waals surface area contributed by atoms with Gasteiger partial charge in [0.2, 0.25) is 5.89 Å². The van der Waals surface area contributed by atoms with E-state index in [1.165, 1.54) is 0 Å². The number of methoxy groups -OCH3 is 1. The van der Waals surface area contributed by atoms with Gasteiger partial charge in [-0.1, -0.05) is 41.6 Å². The van der Waals surface area contributed by atoms with Crippen LogP contribution in [0.2, 0.25) is 0 Å². The molecule has 2 aromatic carbocycles. The van der Waals surface area contributed by atoms with Crippen LogP contribution >= 0.6 is 0 Å². The third-order valence-electron chi connectivity index (χ3n) is 5.09. The van der Waals surface area contributed by atoms with Crippen molar-refractivity contribution in [3.8, 4) is 5.75 Å². The van der Waals surface area contributed by atoms with E-state index in [1.807, 2.05) is 59.5 Å². The Hall–Kier alpha value is -3.15. The van der Waals surface area contributed by atoms with Crippen LogP contribution in [0.4, 0.5) is 0 Å². The highest BCUT2D eigenvalue weighted by Gasteiger charge is 2.32. The topological polar surface area (TPSA) is 68.5 Å². The molecule has 0 bridgehead atoms. The minimum Gasteiger partial charge on any atom is -0.496 e. The van der Waals surface area contributed by atoms with Gasteiger partial charge in [-0.2, -0.15) is 4.98 Å². The van der Waals surface area contributed by atoms with Crippen molar-refractivity contribution in [2.45, 2.75) is 31.7 Å². The molecule has 0 N–H and O–H groups in total. The first-order valence-electron chi connectivity index (χ1n) is 9.56. The van der Waals surface area contributed by atoms with Gasteiger partial charge in [-0.3, -0.25) is 4.79 Å². The van der Waals surface area contributed by atoms with Crippen molar-refractivity contribution in [3.63, 3.8) is 0 Å². The predicted molar refractivity (Wildman–Crippen MR) is 104 cm³/mol. The van der Waals surface area contributed by atoms with Gasteiger partial charge in [-0.25, -0.2) is 0 Å². The molecule has 1 atom stereocenters. The van der Waals surface area contributed by atoms with Crippen LogP contribution in [0.1, 0.15) is 52.9 Å². The number of benzene rings is 2. The Morgan fingerprint density at radius 1 is 1.14 bits per heavy atom. The van der Waals surface area contributed by atoms with E-state index in [4.69, 9.17) is 9.26 Å². The fourth-order valence-electron chi connectivity index (χ4n) is 3.67. The second-order valence-corrected chi connectivity index (χ2v) is 6.91. The molecule has 1 aromatic heterocycles. The molecule has 2 heterocycles. The van der Waals surface area contributed by atoms with Gasteiger partial charge in [0.15, 0.2) is 5.82 Å². The lowest BCUT2D eigenvalue weighted by atomic mass is 10.0. The van der Waals surface area contributed by atoms with E-state index < -0.39 is 0 Å². The quantitative estimate of drug-likeness (QED) is 0.671. The normalized spacial score (nSPS) is 16.8. The van der Waals surface area contributed by atoms with E-state index >= 15 is 0 Å². The van der Waals surface area contributed by atoms with E-state index in [0.29, 0.717) is 30.2 Å². The Balaban J connectivity index is 1.55. The van der Waals surface area contributed by atoms with Crippen LogP contribution < -0.4 is 4.74 Å². The number of piperidine rings is 1. The molecule has 1 saturated heterocycles. The molecule has 144 valence electrons. The standard InChI is InChI=1S/C22H23N3O3/c1-27-19-13-6-5-11-17(19)15-20-23-21(28-24-20)18-12-7-8-14-25(18)22(26)16-9-3-2-4-10-16/h2-6,9-11,13,18H,7-8,12,14-15H2,1H3. The molecule has 0 radical (unpaired) electrons. The number of carbonyl (C=O) groups is 1. The van der Waals surface area contributed by atoms with Gasteiger partial charge in [0, 0.05) is 24.1 Å². The summed E-state index contributed by atoms with van der Waals surface area (Å²) >= 11 is 0. The number of para-hydroxylation sites is 1. The first-order valence-corrected chi connectivity index (χ1v) is 9.56. The molecule has 0 aliphatic carbocycles.